The van der Waals surface area contributed by atoms with Crippen LogP contribution in [-0.4, -0.2) is 11.1 Å². The summed E-state index contributed by atoms with van der Waals surface area (Å²) in [6.45, 7) is 0. The van der Waals surface area contributed by atoms with Crippen LogP contribution in [0.2, 0.25) is 0 Å². The molecule has 5 heteroatoms. The largest absolute Gasteiger partial charge is 0.480 e. The van der Waals surface area contributed by atoms with Gasteiger partial charge in [-0.3, -0.25) is 4.79 Å². The van der Waals surface area contributed by atoms with E-state index in [9.17, 15) is 4.79 Å². The third-order valence-corrected chi connectivity index (χ3v) is 1.80. The molecular formula is C9H9N3O2. The highest BCUT2D eigenvalue weighted by Gasteiger charge is 2.17. The molecule has 0 aromatic heterocycles. The topological polar surface area (TPSA) is 113 Å². The summed E-state index contributed by atoms with van der Waals surface area (Å²) >= 11 is 0. The van der Waals surface area contributed by atoms with E-state index in [4.69, 9.17) is 21.8 Å². The Balaban J connectivity index is 3.25. The second-order valence-electron chi connectivity index (χ2n) is 2.77. The predicted molar refractivity (Wildman–Crippen MR) is 50.1 cm³/mol. The normalized spacial score (nSPS) is 11.7. The Kier molecular flexibility index (Phi) is 2.70. The molecule has 72 valence electrons. The number of anilines is 1. The number of hydrogen-bond donors (Lipinski definition) is 3. The van der Waals surface area contributed by atoms with Gasteiger partial charge in [0.15, 0.2) is 0 Å². The molecule has 0 aliphatic rings. The molecule has 0 bridgehead atoms. The summed E-state index contributed by atoms with van der Waals surface area (Å²) in [6, 6.07) is 5.02. The first-order chi connectivity index (χ1) is 6.56. The van der Waals surface area contributed by atoms with E-state index in [0.29, 0.717) is 5.69 Å². The smallest absolute Gasteiger partial charge is 0.325 e. The van der Waals surface area contributed by atoms with Gasteiger partial charge >= 0.3 is 5.97 Å². The molecule has 1 aromatic rings. The van der Waals surface area contributed by atoms with Crippen LogP contribution >= 0.6 is 0 Å². The van der Waals surface area contributed by atoms with E-state index in [1.54, 1.807) is 0 Å². The fraction of sp³-hybridized carbons (Fsp3) is 0.111. The average molecular weight is 191 g/mol. The van der Waals surface area contributed by atoms with Gasteiger partial charge in [0.2, 0.25) is 0 Å². The molecule has 0 radical (unpaired) electrons. The Morgan fingerprint density at radius 2 is 2.21 bits per heavy atom. The standard InChI is InChI=1S/C9H9N3O2/c10-4-5-1-2-6(11)3-7(5)8(12)9(13)14/h1-3,8H,11-12H2,(H,13,14)/t8-/m1/s1. The Hall–Kier alpha value is -2.06. The molecule has 1 aromatic carbocycles. The monoisotopic (exact) mass is 191 g/mol. The number of carboxylic acid groups (broad SMARTS) is 1. The number of benzene rings is 1. The van der Waals surface area contributed by atoms with Gasteiger partial charge in [0.05, 0.1) is 11.6 Å². The van der Waals surface area contributed by atoms with Crippen molar-refractivity contribution in [3.05, 3.63) is 29.3 Å². The molecule has 5 nitrogen and oxygen atoms in total. The van der Waals surface area contributed by atoms with Gasteiger partial charge in [-0.25, -0.2) is 0 Å². The van der Waals surface area contributed by atoms with E-state index in [2.05, 4.69) is 0 Å². The van der Waals surface area contributed by atoms with Crippen LogP contribution in [0, 0.1) is 11.3 Å². The summed E-state index contributed by atoms with van der Waals surface area (Å²) in [5.41, 5.74) is 11.7. The van der Waals surface area contributed by atoms with Crippen LogP contribution in [0.4, 0.5) is 5.69 Å². The van der Waals surface area contributed by atoms with Gasteiger partial charge in [0, 0.05) is 5.69 Å². The van der Waals surface area contributed by atoms with Crippen LogP contribution in [-0.2, 0) is 4.79 Å². The summed E-state index contributed by atoms with van der Waals surface area (Å²) < 4.78 is 0. The second-order valence-corrected chi connectivity index (χ2v) is 2.77. The average Bonchev–Trinajstić information content (AvgIpc) is 2.16. The number of nitriles is 1. The SMILES string of the molecule is N#Cc1ccc(N)cc1[C@@H](N)C(=O)O. The molecule has 5 N–H and O–H groups in total. The molecule has 1 atom stereocenters. The van der Waals surface area contributed by atoms with E-state index in [1.165, 1.54) is 18.2 Å². The second kappa shape index (κ2) is 3.77. The van der Waals surface area contributed by atoms with Gasteiger partial charge in [0.1, 0.15) is 6.04 Å². The summed E-state index contributed by atoms with van der Waals surface area (Å²) in [5.74, 6) is -1.19. The van der Waals surface area contributed by atoms with Crippen LogP contribution in [0.25, 0.3) is 0 Å². The van der Waals surface area contributed by atoms with Gasteiger partial charge in [-0.2, -0.15) is 5.26 Å². The van der Waals surface area contributed by atoms with Gasteiger partial charge in [-0.1, -0.05) is 0 Å². The van der Waals surface area contributed by atoms with Crippen LogP contribution in [0.15, 0.2) is 18.2 Å². The van der Waals surface area contributed by atoms with Gasteiger partial charge in [0.25, 0.3) is 0 Å². The van der Waals surface area contributed by atoms with Crippen molar-refractivity contribution >= 4 is 11.7 Å². The van der Waals surface area contributed by atoms with E-state index >= 15 is 0 Å². The number of rotatable bonds is 2. The summed E-state index contributed by atoms with van der Waals surface area (Å²) in [4.78, 5) is 10.6. The van der Waals surface area contributed by atoms with Gasteiger partial charge in [-0.15, -0.1) is 0 Å². The maximum Gasteiger partial charge on any atom is 0.325 e. The first-order valence-electron chi connectivity index (χ1n) is 3.84. The van der Waals surface area contributed by atoms with Crippen molar-refractivity contribution in [2.45, 2.75) is 6.04 Å². The molecule has 0 amide bonds. The van der Waals surface area contributed by atoms with E-state index < -0.39 is 12.0 Å². The first-order valence-corrected chi connectivity index (χ1v) is 3.84. The molecule has 1 rings (SSSR count). The fourth-order valence-electron chi connectivity index (χ4n) is 1.07. The lowest BCUT2D eigenvalue weighted by atomic mass is 10.0. The summed E-state index contributed by atoms with van der Waals surface area (Å²) in [5, 5.41) is 17.4. The molecule has 14 heavy (non-hydrogen) atoms. The number of nitrogens with zero attached hydrogens (tertiary/aromatic N) is 1. The van der Waals surface area contributed by atoms with Crippen molar-refractivity contribution in [2.24, 2.45) is 5.73 Å². The minimum atomic E-state index is -1.21. The van der Waals surface area contributed by atoms with Crippen LogP contribution in [0.5, 0.6) is 0 Å². The zero-order valence-electron chi connectivity index (χ0n) is 7.27. The lowest BCUT2D eigenvalue weighted by molar-refractivity contribution is -0.138. The first kappa shape index (κ1) is 10.0. The highest BCUT2D eigenvalue weighted by atomic mass is 16.4. The lowest BCUT2D eigenvalue weighted by Gasteiger charge is -2.09. The minimum Gasteiger partial charge on any atom is -0.480 e. The maximum absolute atomic E-state index is 10.6. The van der Waals surface area contributed by atoms with Crippen LogP contribution < -0.4 is 11.5 Å². The van der Waals surface area contributed by atoms with Gasteiger partial charge < -0.3 is 16.6 Å². The number of carbonyl (C=O) groups is 1. The summed E-state index contributed by atoms with van der Waals surface area (Å²) in [7, 11) is 0. The van der Waals surface area contributed by atoms with Crippen molar-refractivity contribution in [3.63, 3.8) is 0 Å². The number of hydrogen-bond acceptors (Lipinski definition) is 4. The quantitative estimate of drug-likeness (QED) is 0.579. The number of nitrogen functional groups attached to an aromatic ring is 1. The third kappa shape index (κ3) is 1.81. The van der Waals surface area contributed by atoms with Crippen LogP contribution in [0.1, 0.15) is 17.2 Å². The molecule has 0 fully saturated rings. The van der Waals surface area contributed by atoms with E-state index in [0.717, 1.165) is 0 Å². The highest BCUT2D eigenvalue weighted by molar-refractivity contribution is 5.77. The predicted octanol–water partition coefficient (Wildman–Crippen LogP) is 0.225. The molecule has 0 heterocycles. The Labute approximate surface area is 80.6 Å². The van der Waals surface area contributed by atoms with Crippen molar-refractivity contribution in [1.82, 2.24) is 0 Å². The number of carboxylic acids is 1. The summed E-state index contributed by atoms with van der Waals surface area (Å²) in [6.07, 6.45) is 0. The maximum atomic E-state index is 10.6. The molecular weight excluding hydrogens is 182 g/mol. The Morgan fingerprint density at radius 1 is 1.57 bits per heavy atom. The molecule has 0 aliphatic heterocycles. The van der Waals surface area contributed by atoms with Crippen molar-refractivity contribution in [2.75, 3.05) is 5.73 Å². The van der Waals surface area contributed by atoms with Crippen molar-refractivity contribution in [1.29, 1.82) is 5.26 Å². The molecule has 0 aliphatic carbocycles. The van der Waals surface area contributed by atoms with Gasteiger partial charge in [-0.05, 0) is 23.8 Å². The molecule has 0 unspecified atom stereocenters. The zero-order chi connectivity index (χ0) is 10.7. The molecule has 0 saturated carbocycles. The molecule has 0 saturated heterocycles. The Bertz CT molecular complexity index is 409. The van der Waals surface area contributed by atoms with E-state index in [-0.39, 0.29) is 11.1 Å². The molecule has 0 spiro atoms. The Morgan fingerprint density at radius 3 is 2.71 bits per heavy atom. The minimum absolute atomic E-state index is 0.231. The lowest BCUT2D eigenvalue weighted by Crippen LogP contribution is -2.21. The van der Waals surface area contributed by atoms with Crippen LogP contribution in [0.3, 0.4) is 0 Å². The third-order valence-electron chi connectivity index (χ3n) is 1.80. The van der Waals surface area contributed by atoms with E-state index in [1.807, 2.05) is 6.07 Å². The zero-order valence-corrected chi connectivity index (χ0v) is 7.27. The van der Waals surface area contributed by atoms with Crippen molar-refractivity contribution in [3.8, 4) is 6.07 Å². The number of nitrogens with two attached hydrogens (primary N) is 2. The fourth-order valence-corrected chi connectivity index (χ4v) is 1.07. The van der Waals surface area contributed by atoms with Crippen molar-refractivity contribution < 1.29 is 9.90 Å². The highest BCUT2D eigenvalue weighted by Crippen LogP contribution is 2.18. The number of aliphatic carboxylic acids is 1.